The average molecular weight is 516 g/mol. The lowest BCUT2D eigenvalue weighted by atomic mass is 9.94. The molecule has 1 N–H and O–H groups in total. The van der Waals surface area contributed by atoms with E-state index in [-0.39, 0.29) is 24.5 Å². The van der Waals surface area contributed by atoms with Crippen LogP contribution < -0.4 is 9.47 Å². The van der Waals surface area contributed by atoms with Gasteiger partial charge in [0.25, 0.3) is 11.7 Å². The van der Waals surface area contributed by atoms with Crippen LogP contribution in [0.15, 0.2) is 78.4 Å². The molecule has 1 fully saturated rings. The highest BCUT2D eigenvalue weighted by Gasteiger charge is 2.46. The van der Waals surface area contributed by atoms with E-state index < -0.39 is 17.7 Å². The van der Waals surface area contributed by atoms with E-state index in [1.54, 1.807) is 36.4 Å². The Labute approximate surface area is 223 Å². The number of nitrogens with zero attached hydrogens (tertiary/aromatic N) is 1. The van der Waals surface area contributed by atoms with Crippen LogP contribution >= 0.6 is 0 Å². The molecule has 3 aromatic carbocycles. The second-order valence-electron chi connectivity index (χ2n) is 9.66. The predicted molar refractivity (Wildman–Crippen MR) is 145 cm³/mol. The van der Waals surface area contributed by atoms with Crippen molar-refractivity contribution in [1.29, 1.82) is 0 Å². The van der Waals surface area contributed by atoms with Gasteiger partial charge in [-0.3, -0.25) is 9.59 Å². The van der Waals surface area contributed by atoms with E-state index in [0.29, 0.717) is 40.9 Å². The van der Waals surface area contributed by atoms with Crippen LogP contribution in [-0.2, 0) is 14.3 Å². The van der Waals surface area contributed by atoms with Crippen molar-refractivity contribution in [2.45, 2.75) is 26.8 Å². The Hall–Kier alpha value is -4.10. The van der Waals surface area contributed by atoms with Crippen molar-refractivity contribution >= 4 is 17.4 Å². The number of para-hydroxylation sites is 1. The molecule has 198 valence electrons. The molecule has 7 nitrogen and oxygen atoms in total. The summed E-state index contributed by atoms with van der Waals surface area (Å²) in [4.78, 5) is 27.8. The second-order valence-corrected chi connectivity index (χ2v) is 9.66. The lowest BCUT2D eigenvalue weighted by Gasteiger charge is -2.25. The number of aliphatic hydroxyl groups excluding tert-OH is 1. The zero-order chi connectivity index (χ0) is 27.2. The van der Waals surface area contributed by atoms with Crippen molar-refractivity contribution in [2.75, 3.05) is 26.9 Å². The normalized spacial score (nSPS) is 16.8. The number of aryl methyl sites for hydroxylation is 1. The molecule has 0 saturated carbocycles. The van der Waals surface area contributed by atoms with Gasteiger partial charge in [-0.2, -0.15) is 0 Å². The van der Waals surface area contributed by atoms with Crippen molar-refractivity contribution in [2.24, 2.45) is 5.92 Å². The van der Waals surface area contributed by atoms with Gasteiger partial charge in [0.05, 0.1) is 24.8 Å². The van der Waals surface area contributed by atoms with Crippen LogP contribution in [-0.4, -0.2) is 48.6 Å². The molecule has 4 rings (SSSR count). The minimum Gasteiger partial charge on any atom is -0.507 e. The minimum atomic E-state index is -0.804. The Morgan fingerprint density at radius 1 is 0.974 bits per heavy atom. The topological polar surface area (TPSA) is 85.3 Å². The third-order valence-corrected chi connectivity index (χ3v) is 6.25. The molecular weight excluding hydrogens is 482 g/mol. The smallest absolute Gasteiger partial charge is 0.295 e. The Morgan fingerprint density at radius 3 is 2.39 bits per heavy atom. The van der Waals surface area contributed by atoms with Crippen LogP contribution in [0.2, 0.25) is 0 Å². The van der Waals surface area contributed by atoms with Crippen LogP contribution in [0, 0.1) is 12.8 Å². The van der Waals surface area contributed by atoms with Gasteiger partial charge in [-0.05, 0) is 66.4 Å². The number of likely N-dealkylation sites (tertiary alicyclic amines) is 1. The van der Waals surface area contributed by atoms with Crippen molar-refractivity contribution in [3.05, 3.63) is 95.1 Å². The molecule has 38 heavy (non-hydrogen) atoms. The zero-order valence-corrected chi connectivity index (χ0v) is 22.1. The van der Waals surface area contributed by atoms with E-state index in [1.165, 1.54) is 12.0 Å². The summed E-state index contributed by atoms with van der Waals surface area (Å²) in [6.45, 7) is 7.01. The molecule has 0 spiro atoms. The van der Waals surface area contributed by atoms with E-state index in [9.17, 15) is 14.7 Å². The molecule has 1 aliphatic rings. The fourth-order valence-electron chi connectivity index (χ4n) is 4.39. The van der Waals surface area contributed by atoms with E-state index in [0.717, 1.165) is 5.56 Å². The number of hydrogen-bond acceptors (Lipinski definition) is 6. The third-order valence-electron chi connectivity index (χ3n) is 6.25. The number of hydrogen-bond donors (Lipinski definition) is 1. The van der Waals surface area contributed by atoms with Crippen LogP contribution in [0.1, 0.15) is 36.6 Å². The number of benzene rings is 3. The first-order valence-corrected chi connectivity index (χ1v) is 12.6. The second kappa shape index (κ2) is 12.0. The lowest BCUT2D eigenvalue weighted by molar-refractivity contribution is -0.140. The third kappa shape index (κ3) is 5.89. The van der Waals surface area contributed by atoms with Gasteiger partial charge in [0, 0.05) is 19.2 Å². The Kier molecular flexibility index (Phi) is 8.48. The molecule has 0 aromatic heterocycles. The summed E-state index contributed by atoms with van der Waals surface area (Å²) in [6, 6.07) is 21.0. The van der Waals surface area contributed by atoms with Gasteiger partial charge >= 0.3 is 0 Å². The molecule has 1 amide bonds. The highest BCUT2D eigenvalue weighted by atomic mass is 16.5. The predicted octanol–water partition coefficient (Wildman–Crippen LogP) is 5.89. The van der Waals surface area contributed by atoms with Gasteiger partial charge in [-0.15, -0.1) is 0 Å². The van der Waals surface area contributed by atoms with E-state index >= 15 is 0 Å². The van der Waals surface area contributed by atoms with Gasteiger partial charge in [0.1, 0.15) is 23.0 Å². The van der Waals surface area contributed by atoms with Crippen LogP contribution in [0.25, 0.3) is 5.76 Å². The zero-order valence-electron chi connectivity index (χ0n) is 22.1. The summed E-state index contributed by atoms with van der Waals surface area (Å²) in [5, 5.41) is 11.4. The molecule has 7 heteroatoms. The molecular formula is C31H33NO6. The Bertz CT molecular complexity index is 1330. The largest absolute Gasteiger partial charge is 0.507 e. The molecule has 3 aromatic rings. The Morgan fingerprint density at radius 2 is 1.71 bits per heavy atom. The summed E-state index contributed by atoms with van der Waals surface area (Å²) >= 11 is 0. The van der Waals surface area contributed by atoms with Gasteiger partial charge < -0.3 is 24.2 Å². The minimum absolute atomic E-state index is 0.0261. The van der Waals surface area contributed by atoms with Crippen LogP contribution in [0.4, 0.5) is 0 Å². The summed E-state index contributed by atoms with van der Waals surface area (Å²) in [7, 11) is 1.53. The van der Waals surface area contributed by atoms with Crippen molar-refractivity contribution in [3.63, 3.8) is 0 Å². The highest BCUT2D eigenvalue weighted by molar-refractivity contribution is 6.46. The van der Waals surface area contributed by atoms with E-state index in [1.807, 2.05) is 43.3 Å². The maximum atomic E-state index is 13.3. The fourth-order valence-corrected chi connectivity index (χ4v) is 4.39. The molecule has 0 radical (unpaired) electrons. The first-order chi connectivity index (χ1) is 18.3. The summed E-state index contributed by atoms with van der Waals surface area (Å²) in [5.74, 6) is 0.626. The summed E-state index contributed by atoms with van der Waals surface area (Å²) in [6.07, 6.45) is 0. The number of rotatable bonds is 10. The lowest BCUT2D eigenvalue weighted by Crippen LogP contribution is -2.32. The maximum Gasteiger partial charge on any atom is 0.295 e. The van der Waals surface area contributed by atoms with Gasteiger partial charge in [0.2, 0.25) is 0 Å². The number of amides is 1. The van der Waals surface area contributed by atoms with E-state index in [4.69, 9.17) is 14.2 Å². The van der Waals surface area contributed by atoms with Crippen molar-refractivity contribution in [1.82, 2.24) is 4.90 Å². The van der Waals surface area contributed by atoms with Crippen LogP contribution in [0.3, 0.4) is 0 Å². The molecule has 1 aliphatic heterocycles. The molecule has 0 aliphatic carbocycles. The summed E-state index contributed by atoms with van der Waals surface area (Å²) in [5.41, 5.74) is 1.92. The SMILES string of the molecule is COCCN1C(=O)C(=O)/C(=C(/O)c2ccc(OCC(C)C)c(C)c2)[C@@H]1c1cccc(Oc2ccccc2)c1. The summed E-state index contributed by atoms with van der Waals surface area (Å²) < 4.78 is 17.0. The molecule has 1 saturated heterocycles. The number of ether oxygens (including phenoxy) is 3. The van der Waals surface area contributed by atoms with Crippen LogP contribution in [0.5, 0.6) is 17.2 Å². The molecule has 1 heterocycles. The average Bonchev–Trinajstić information content (AvgIpc) is 3.16. The monoisotopic (exact) mass is 515 g/mol. The molecule has 0 unspecified atom stereocenters. The van der Waals surface area contributed by atoms with Gasteiger partial charge in [0.15, 0.2) is 0 Å². The number of methoxy groups -OCH3 is 1. The maximum absolute atomic E-state index is 13.3. The van der Waals surface area contributed by atoms with Crippen molar-refractivity contribution in [3.8, 4) is 17.2 Å². The number of carbonyl (C=O) groups excluding carboxylic acids is 2. The molecule has 0 bridgehead atoms. The van der Waals surface area contributed by atoms with E-state index in [2.05, 4.69) is 13.8 Å². The highest BCUT2D eigenvalue weighted by Crippen LogP contribution is 2.41. The van der Waals surface area contributed by atoms with Gasteiger partial charge in [-0.1, -0.05) is 44.2 Å². The Balaban J connectivity index is 1.76. The first-order valence-electron chi connectivity index (χ1n) is 12.6. The van der Waals surface area contributed by atoms with Crippen molar-refractivity contribution < 1.29 is 28.9 Å². The van der Waals surface area contributed by atoms with Gasteiger partial charge in [-0.25, -0.2) is 0 Å². The standard InChI is InChI=1S/C31H33NO6/c1-20(2)19-37-26-14-13-23(17-21(26)3)29(33)27-28(32(15-16-36-4)31(35)30(27)34)22-9-8-12-25(18-22)38-24-10-6-5-7-11-24/h5-14,17-18,20,28,33H,15-16,19H2,1-4H3/b29-27+/t28-/m0/s1. The molecule has 1 atom stereocenters. The number of aliphatic hydroxyl groups is 1. The fraction of sp³-hybridized carbons (Fsp3) is 0.290. The number of Topliss-reactive ketones (excluding diaryl/α,β-unsaturated/α-hetero) is 1. The number of ketones is 1. The quantitative estimate of drug-likeness (QED) is 0.206. The first kappa shape index (κ1) is 26.9. The number of carbonyl (C=O) groups is 2.